The maximum Gasteiger partial charge on any atom is 0.308 e. The maximum atomic E-state index is 12.1. The van der Waals surface area contributed by atoms with E-state index in [0.717, 1.165) is 0 Å². The smallest absolute Gasteiger partial charge is 0.308 e. The van der Waals surface area contributed by atoms with Crippen LogP contribution in [0.15, 0.2) is 30.3 Å². The Labute approximate surface area is 235 Å². The summed E-state index contributed by atoms with van der Waals surface area (Å²) in [5, 5.41) is 61.7. The first-order valence-electron chi connectivity index (χ1n) is 13.1. The van der Waals surface area contributed by atoms with Crippen molar-refractivity contribution < 1.29 is 63.9 Å². The van der Waals surface area contributed by atoms with Gasteiger partial charge in [0.25, 0.3) is 0 Å². The standard InChI is InChI=1S/C28H34O13/c1-4-12(2)27(36)37-11-22-23(33)24(34)25(35)28(41-22)39-15-8-18(31)16-10-21(38-13(3)29)26(40-20(16)9-15)14-5-6-17(30)19(32)7-14/h5-9,12,21-26,28,30-35H,4,10-11H2,1-3H3. The van der Waals surface area contributed by atoms with Crippen LogP contribution in [0.1, 0.15) is 44.4 Å². The van der Waals surface area contributed by atoms with Gasteiger partial charge in [-0.05, 0) is 18.6 Å². The first-order chi connectivity index (χ1) is 19.4. The SMILES string of the molecule is CCC(C)C(=O)OCC1OC(Oc2cc(O)c3c(c2)OC(c2ccc(O)c(O)c2)C(OC(C)=O)C3)C(O)C(O)C1O. The minimum absolute atomic E-state index is 0.0322. The Morgan fingerprint density at radius 3 is 2.39 bits per heavy atom. The number of rotatable bonds is 8. The Balaban J connectivity index is 1.56. The second-order valence-electron chi connectivity index (χ2n) is 10.1. The molecule has 13 nitrogen and oxygen atoms in total. The van der Waals surface area contributed by atoms with Gasteiger partial charge in [-0.1, -0.05) is 19.9 Å². The van der Waals surface area contributed by atoms with Crippen LogP contribution >= 0.6 is 0 Å². The van der Waals surface area contributed by atoms with Gasteiger partial charge in [0.2, 0.25) is 6.29 Å². The predicted octanol–water partition coefficient (Wildman–Crippen LogP) is 1.19. The number of ether oxygens (including phenoxy) is 5. The van der Waals surface area contributed by atoms with E-state index in [1.54, 1.807) is 6.92 Å². The van der Waals surface area contributed by atoms with E-state index in [2.05, 4.69) is 0 Å². The van der Waals surface area contributed by atoms with Gasteiger partial charge in [0.05, 0.1) is 5.92 Å². The maximum absolute atomic E-state index is 12.1. The molecule has 8 atom stereocenters. The van der Waals surface area contributed by atoms with Gasteiger partial charge in [-0.2, -0.15) is 0 Å². The van der Waals surface area contributed by atoms with Crippen LogP contribution in [0.25, 0.3) is 0 Å². The van der Waals surface area contributed by atoms with E-state index < -0.39 is 67.2 Å². The molecule has 2 aliphatic heterocycles. The number of carbonyl (C=O) groups excluding carboxylic acids is 2. The highest BCUT2D eigenvalue weighted by Gasteiger charge is 2.46. The molecule has 41 heavy (non-hydrogen) atoms. The van der Waals surface area contributed by atoms with E-state index in [1.165, 1.54) is 37.3 Å². The Hall–Kier alpha value is -3.78. The molecule has 0 spiro atoms. The van der Waals surface area contributed by atoms with Gasteiger partial charge in [0, 0.05) is 36.6 Å². The number of aliphatic hydroxyl groups excluding tert-OH is 3. The molecular formula is C28H34O13. The fraction of sp³-hybridized carbons (Fsp3) is 0.500. The van der Waals surface area contributed by atoms with Gasteiger partial charge < -0.3 is 54.3 Å². The zero-order chi connectivity index (χ0) is 30.0. The van der Waals surface area contributed by atoms with Crippen LogP contribution in [0.5, 0.6) is 28.7 Å². The number of aliphatic hydroxyl groups is 3. The summed E-state index contributed by atoms with van der Waals surface area (Å²) in [5.41, 5.74) is 0.666. The Kier molecular flexibility index (Phi) is 9.12. The van der Waals surface area contributed by atoms with Crippen LogP contribution in [-0.4, -0.2) is 86.0 Å². The fourth-order valence-electron chi connectivity index (χ4n) is 4.58. The number of phenolic OH excluding ortho intramolecular Hbond substituents is 3. The zero-order valence-corrected chi connectivity index (χ0v) is 22.7. The summed E-state index contributed by atoms with van der Waals surface area (Å²) >= 11 is 0. The molecule has 2 heterocycles. The Morgan fingerprint density at radius 1 is 1.00 bits per heavy atom. The molecule has 1 fully saturated rings. The molecule has 0 saturated carbocycles. The summed E-state index contributed by atoms with van der Waals surface area (Å²) < 4.78 is 28.0. The van der Waals surface area contributed by atoms with Gasteiger partial charge in [0.15, 0.2) is 17.6 Å². The number of benzene rings is 2. The van der Waals surface area contributed by atoms with Crippen molar-refractivity contribution >= 4 is 11.9 Å². The van der Waals surface area contributed by atoms with Gasteiger partial charge in [0.1, 0.15) is 54.4 Å². The van der Waals surface area contributed by atoms with Crippen molar-refractivity contribution in [2.45, 2.75) is 76.5 Å². The number of carbonyl (C=O) groups is 2. The molecule has 0 aliphatic carbocycles. The highest BCUT2D eigenvalue weighted by Crippen LogP contribution is 2.44. The molecule has 2 aromatic rings. The van der Waals surface area contributed by atoms with Crippen LogP contribution in [0.3, 0.4) is 0 Å². The molecule has 13 heteroatoms. The predicted molar refractivity (Wildman–Crippen MR) is 138 cm³/mol. The molecule has 0 radical (unpaired) electrons. The van der Waals surface area contributed by atoms with Crippen molar-refractivity contribution in [3.8, 4) is 28.7 Å². The van der Waals surface area contributed by atoms with Gasteiger partial charge in [-0.25, -0.2) is 0 Å². The molecule has 2 aliphatic rings. The van der Waals surface area contributed by atoms with Crippen LogP contribution in [-0.2, 0) is 30.2 Å². The largest absolute Gasteiger partial charge is 0.507 e. The first-order valence-corrected chi connectivity index (χ1v) is 13.1. The molecule has 6 N–H and O–H groups in total. The molecule has 8 unspecified atom stereocenters. The van der Waals surface area contributed by atoms with Crippen LogP contribution in [0, 0.1) is 5.92 Å². The highest BCUT2D eigenvalue weighted by molar-refractivity contribution is 5.71. The van der Waals surface area contributed by atoms with E-state index in [0.29, 0.717) is 17.5 Å². The molecular weight excluding hydrogens is 544 g/mol. The van der Waals surface area contributed by atoms with E-state index in [9.17, 15) is 40.2 Å². The third-order valence-electron chi connectivity index (χ3n) is 7.13. The van der Waals surface area contributed by atoms with Crippen LogP contribution in [0.4, 0.5) is 0 Å². The molecule has 4 rings (SSSR count). The fourth-order valence-corrected chi connectivity index (χ4v) is 4.58. The first kappa shape index (κ1) is 30.2. The number of esters is 2. The third-order valence-corrected chi connectivity index (χ3v) is 7.13. The number of fused-ring (bicyclic) bond motifs is 1. The molecule has 0 amide bonds. The number of hydrogen-bond acceptors (Lipinski definition) is 13. The van der Waals surface area contributed by atoms with Crippen molar-refractivity contribution in [3.63, 3.8) is 0 Å². The normalized spacial score (nSPS) is 28.1. The van der Waals surface area contributed by atoms with E-state index in [1.807, 2.05) is 6.92 Å². The molecule has 2 aromatic carbocycles. The van der Waals surface area contributed by atoms with Crippen molar-refractivity contribution in [2.75, 3.05) is 6.61 Å². The van der Waals surface area contributed by atoms with Crippen molar-refractivity contribution in [3.05, 3.63) is 41.5 Å². The van der Waals surface area contributed by atoms with Gasteiger partial charge in [-0.15, -0.1) is 0 Å². The lowest BCUT2D eigenvalue weighted by Crippen LogP contribution is -2.60. The van der Waals surface area contributed by atoms with Crippen LogP contribution in [0.2, 0.25) is 0 Å². The summed E-state index contributed by atoms with van der Waals surface area (Å²) in [6, 6.07) is 6.59. The average molecular weight is 579 g/mol. The lowest BCUT2D eigenvalue weighted by molar-refractivity contribution is -0.278. The molecule has 224 valence electrons. The quantitative estimate of drug-likeness (QED) is 0.193. The summed E-state index contributed by atoms with van der Waals surface area (Å²) in [5.74, 6) is -2.45. The summed E-state index contributed by atoms with van der Waals surface area (Å²) in [6.45, 7) is 4.31. The minimum Gasteiger partial charge on any atom is -0.507 e. The minimum atomic E-state index is -1.70. The monoisotopic (exact) mass is 578 g/mol. The number of hydrogen-bond donors (Lipinski definition) is 6. The molecule has 0 aromatic heterocycles. The van der Waals surface area contributed by atoms with E-state index >= 15 is 0 Å². The van der Waals surface area contributed by atoms with Crippen molar-refractivity contribution in [1.29, 1.82) is 0 Å². The number of phenols is 3. The average Bonchev–Trinajstić information content (AvgIpc) is 2.93. The topological polar surface area (TPSA) is 202 Å². The molecule has 0 bridgehead atoms. The summed E-state index contributed by atoms with van der Waals surface area (Å²) in [7, 11) is 0. The van der Waals surface area contributed by atoms with E-state index in [4.69, 9.17) is 23.7 Å². The van der Waals surface area contributed by atoms with Crippen LogP contribution < -0.4 is 9.47 Å². The highest BCUT2D eigenvalue weighted by atomic mass is 16.7. The Bertz CT molecular complexity index is 1260. The zero-order valence-electron chi connectivity index (χ0n) is 22.7. The van der Waals surface area contributed by atoms with Crippen molar-refractivity contribution in [1.82, 2.24) is 0 Å². The second-order valence-corrected chi connectivity index (χ2v) is 10.1. The Morgan fingerprint density at radius 2 is 1.73 bits per heavy atom. The lowest BCUT2D eigenvalue weighted by atomic mass is 9.93. The lowest BCUT2D eigenvalue weighted by Gasteiger charge is -2.40. The van der Waals surface area contributed by atoms with Gasteiger partial charge in [-0.3, -0.25) is 9.59 Å². The van der Waals surface area contributed by atoms with Crippen molar-refractivity contribution in [2.24, 2.45) is 5.92 Å². The van der Waals surface area contributed by atoms with Gasteiger partial charge >= 0.3 is 11.9 Å². The van der Waals surface area contributed by atoms with E-state index in [-0.39, 0.29) is 35.3 Å². The second kappa shape index (κ2) is 12.4. The summed E-state index contributed by atoms with van der Waals surface area (Å²) in [6.07, 6.45) is -8.97. The third kappa shape index (κ3) is 6.59. The number of aromatic hydroxyl groups is 3. The summed E-state index contributed by atoms with van der Waals surface area (Å²) in [4.78, 5) is 23.8. The molecule has 1 saturated heterocycles.